The van der Waals surface area contributed by atoms with E-state index in [4.69, 9.17) is 10.5 Å². The SMILES string of the molecule is CNCc1cc(O)cc([C@]23CC[C@]4(NC[C@H](C)O)C[C@@]5(C)[C@H](CCC6=C([C@@H](C[C@@H](O)[C@H]7O[C@]7(C)[C@@H]7CCC[C@H]7c7cccc(N)c7)C7CCCCC7)C(=O)C[C@@]65C)[C@](C)(C2)[C@@H]4C(C)(C)C3=O)c1. The number of hydrogen-bond acceptors (Lipinski definition) is 9. The molecule has 2 aromatic rings. The lowest BCUT2D eigenvalue weighted by Gasteiger charge is -2.73. The van der Waals surface area contributed by atoms with Gasteiger partial charge in [0.15, 0.2) is 5.78 Å². The summed E-state index contributed by atoms with van der Waals surface area (Å²) in [5.74, 6) is 1.97. The van der Waals surface area contributed by atoms with E-state index < -0.39 is 39.6 Å². The molecule has 14 atom stereocenters. The molecule has 0 radical (unpaired) electrons. The number of nitrogens with one attached hydrogen (secondary N) is 2. The molecule has 8 aliphatic carbocycles. The number of aromatic hydroxyl groups is 1. The number of benzene rings is 2. The number of epoxide rings is 1. The Bertz CT molecular complexity index is 2320. The molecule has 0 spiro atoms. The molecular weight excluding hydrogens is 835 g/mol. The number of aliphatic hydroxyl groups is 2. The van der Waals surface area contributed by atoms with Crippen LogP contribution in [0.5, 0.6) is 5.75 Å². The maximum atomic E-state index is 15.6. The minimum absolute atomic E-state index is 0.00365. The number of rotatable bonds is 13. The third-order valence-electron chi connectivity index (χ3n) is 21.2. The Morgan fingerprint density at radius 1 is 0.896 bits per heavy atom. The zero-order valence-electron chi connectivity index (χ0n) is 42.1. The maximum Gasteiger partial charge on any atom is 0.160 e. The second-order valence-corrected chi connectivity index (χ2v) is 25.4. The smallest absolute Gasteiger partial charge is 0.160 e. The minimum Gasteiger partial charge on any atom is -0.508 e. The molecule has 366 valence electrons. The van der Waals surface area contributed by atoms with Crippen molar-refractivity contribution in [2.24, 2.45) is 51.2 Å². The summed E-state index contributed by atoms with van der Waals surface area (Å²) in [5, 5.41) is 42.1. The maximum absolute atomic E-state index is 15.6. The van der Waals surface area contributed by atoms with Crippen LogP contribution < -0.4 is 16.4 Å². The number of fused-ring (bicyclic) bond motifs is 5. The highest BCUT2D eigenvalue weighted by Gasteiger charge is 2.78. The number of phenols is 1. The lowest BCUT2D eigenvalue weighted by atomic mass is 9.32. The highest BCUT2D eigenvalue weighted by Crippen LogP contribution is 2.79. The quantitative estimate of drug-likeness (QED) is 0.0851. The third kappa shape index (κ3) is 7.13. The standard InChI is InChI=1S/C58H83N3O6/c1-34(62)30-61-58-23-22-57(38-24-35(31-60-8)25-40(63)27-38)32-53(4,50(58)52(2,3)51(57)66)47-21-20-44-48(46(65)29-54(44,5)55(47,6)33-58)42(36-14-10-9-11-15-36)28-45(64)49-56(7,67-49)43-19-13-18-41(43)37-16-12-17-39(59)26-37/h12,16-17,24-27,34,36,41-43,45,47,49-50,60-64H,9-11,13-15,18-23,28-33,59H2,1-8H3/t34-,41-,42-,43+,45+,47+,49+,50-,53-,54-,55-,56+,57-,58-/m0/s1. The summed E-state index contributed by atoms with van der Waals surface area (Å²) in [7, 11) is 1.91. The number of nitrogen functional groups attached to an aromatic ring is 1. The van der Waals surface area contributed by atoms with Gasteiger partial charge in [0.1, 0.15) is 17.6 Å². The lowest BCUT2D eigenvalue weighted by molar-refractivity contribution is -0.213. The first-order valence-corrected chi connectivity index (χ1v) is 26.6. The van der Waals surface area contributed by atoms with Crippen LogP contribution in [0.2, 0.25) is 0 Å². The number of β-amino-alcohol motifs (C(OH)–C–C–N with tert-alkyl or cyclic N) is 1. The lowest BCUT2D eigenvalue weighted by Crippen LogP contribution is -2.74. The molecule has 1 saturated heterocycles. The Hall–Kier alpha value is -3.08. The summed E-state index contributed by atoms with van der Waals surface area (Å²) in [6.07, 6.45) is 13.3. The van der Waals surface area contributed by atoms with E-state index in [2.05, 4.69) is 76.4 Å². The molecule has 9 heteroatoms. The number of aliphatic hydroxyl groups excluding tert-OH is 2. The van der Waals surface area contributed by atoms with E-state index in [1.54, 1.807) is 0 Å². The average molecular weight is 918 g/mol. The molecule has 7 saturated carbocycles. The number of phenolic OH excluding ortho intramolecular Hbond substituents is 1. The Morgan fingerprint density at radius 3 is 2.37 bits per heavy atom. The molecule has 11 rings (SSSR count). The van der Waals surface area contributed by atoms with Gasteiger partial charge in [0.25, 0.3) is 0 Å². The summed E-state index contributed by atoms with van der Waals surface area (Å²) in [4.78, 5) is 31.0. The van der Waals surface area contributed by atoms with Crippen LogP contribution in [0.1, 0.15) is 174 Å². The highest BCUT2D eigenvalue weighted by atomic mass is 16.6. The average Bonchev–Trinajstić information content (AvgIpc) is 3.62. The van der Waals surface area contributed by atoms with Crippen molar-refractivity contribution >= 4 is 17.3 Å². The molecule has 1 aliphatic heterocycles. The largest absolute Gasteiger partial charge is 0.508 e. The minimum atomic E-state index is -0.794. The first kappa shape index (κ1) is 47.6. The van der Waals surface area contributed by atoms with E-state index in [9.17, 15) is 15.3 Å². The predicted octanol–water partition coefficient (Wildman–Crippen LogP) is 9.84. The second-order valence-electron chi connectivity index (χ2n) is 25.4. The van der Waals surface area contributed by atoms with Gasteiger partial charge in [-0.05, 0) is 184 Å². The molecule has 0 amide bonds. The molecule has 9 nitrogen and oxygen atoms in total. The number of ether oxygens (including phenoxy) is 1. The second kappa shape index (κ2) is 16.5. The number of hydrogen-bond donors (Lipinski definition) is 6. The van der Waals surface area contributed by atoms with E-state index in [-0.39, 0.29) is 52.0 Å². The van der Waals surface area contributed by atoms with Gasteiger partial charge >= 0.3 is 0 Å². The Kier molecular flexibility index (Phi) is 11.7. The van der Waals surface area contributed by atoms with Crippen LogP contribution >= 0.6 is 0 Å². The first-order chi connectivity index (χ1) is 31.7. The zero-order valence-corrected chi connectivity index (χ0v) is 42.1. The van der Waals surface area contributed by atoms with E-state index in [1.807, 2.05) is 32.2 Å². The van der Waals surface area contributed by atoms with Gasteiger partial charge in [-0.15, -0.1) is 0 Å². The molecule has 9 aliphatic rings. The number of Topliss-reactive ketones (excluding diaryl/α,β-unsaturated/α-hetero) is 2. The van der Waals surface area contributed by atoms with Crippen LogP contribution in [0, 0.1) is 51.2 Å². The molecule has 0 unspecified atom stereocenters. The molecular formula is C58H83N3O6. The summed E-state index contributed by atoms with van der Waals surface area (Å²) in [5.41, 5.74) is 9.22. The molecule has 4 bridgehead atoms. The number of nitrogens with two attached hydrogens (primary N) is 1. The molecule has 1 heterocycles. The van der Waals surface area contributed by atoms with Gasteiger partial charge in [0.05, 0.1) is 23.2 Å². The monoisotopic (exact) mass is 918 g/mol. The topological polar surface area (TPSA) is 157 Å². The summed E-state index contributed by atoms with van der Waals surface area (Å²) in [6.45, 7) is 16.9. The van der Waals surface area contributed by atoms with Gasteiger partial charge in [-0.1, -0.05) is 84.1 Å². The van der Waals surface area contributed by atoms with Gasteiger partial charge < -0.3 is 36.4 Å². The number of anilines is 1. The van der Waals surface area contributed by atoms with E-state index in [1.165, 1.54) is 17.6 Å². The normalized spacial score (nSPS) is 41.4. The van der Waals surface area contributed by atoms with E-state index >= 15 is 9.59 Å². The summed E-state index contributed by atoms with van der Waals surface area (Å²) in [6, 6.07) is 14.2. The third-order valence-corrected chi connectivity index (χ3v) is 21.2. The number of carbonyl (C=O) groups excluding carboxylic acids is 2. The van der Waals surface area contributed by atoms with Crippen LogP contribution in [-0.2, 0) is 26.3 Å². The molecule has 7 N–H and O–H groups in total. The van der Waals surface area contributed by atoms with E-state index in [0.717, 1.165) is 93.0 Å². The summed E-state index contributed by atoms with van der Waals surface area (Å²) < 4.78 is 6.70. The Balaban J connectivity index is 1.03. The molecule has 2 aromatic carbocycles. The van der Waals surface area contributed by atoms with Crippen LogP contribution in [0.3, 0.4) is 0 Å². The molecule has 8 fully saturated rings. The van der Waals surface area contributed by atoms with Crippen molar-refractivity contribution in [2.45, 2.75) is 199 Å². The van der Waals surface area contributed by atoms with E-state index in [0.29, 0.717) is 56.5 Å². The van der Waals surface area contributed by atoms with Crippen LogP contribution in [0.4, 0.5) is 5.69 Å². The van der Waals surface area contributed by atoms with Gasteiger partial charge in [-0.25, -0.2) is 0 Å². The Morgan fingerprint density at radius 2 is 1.66 bits per heavy atom. The van der Waals surface area contributed by atoms with Gasteiger partial charge in [0, 0.05) is 41.6 Å². The first-order valence-electron chi connectivity index (χ1n) is 26.6. The number of allylic oxidation sites excluding steroid dienone is 2. The fourth-order valence-electron chi connectivity index (χ4n) is 19.0. The van der Waals surface area contributed by atoms with Crippen LogP contribution in [0.15, 0.2) is 53.6 Å². The fourth-order valence-corrected chi connectivity index (χ4v) is 19.0. The van der Waals surface area contributed by atoms with Crippen molar-refractivity contribution in [3.63, 3.8) is 0 Å². The van der Waals surface area contributed by atoms with Crippen molar-refractivity contribution in [3.8, 4) is 5.75 Å². The van der Waals surface area contributed by atoms with Gasteiger partial charge in [0.2, 0.25) is 0 Å². The van der Waals surface area contributed by atoms with Crippen LogP contribution in [-0.4, -0.2) is 69.9 Å². The van der Waals surface area contributed by atoms with Crippen LogP contribution in [0.25, 0.3) is 0 Å². The van der Waals surface area contributed by atoms with Gasteiger partial charge in [-0.3, -0.25) is 9.59 Å². The highest BCUT2D eigenvalue weighted by molar-refractivity contribution is 6.01. The number of carbonyl (C=O) groups is 2. The number of ketones is 2. The van der Waals surface area contributed by atoms with Crippen molar-refractivity contribution < 1.29 is 29.6 Å². The van der Waals surface area contributed by atoms with Crippen molar-refractivity contribution in [2.75, 3.05) is 19.3 Å². The summed E-state index contributed by atoms with van der Waals surface area (Å²) >= 11 is 0. The van der Waals surface area contributed by atoms with Gasteiger partial charge in [-0.2, -0.15) is 0 Å². The molecule has 67 heavy (non-hydrogen) atoms. The van der Waals surface area contributed by atoms with Crippen molar-refractivity contribution in [3.05, 3.63) is 70.3 Å². The molecule has 0 aromatic heterocycles. The Labute approximate surface area is 401 Å². The zero-order chi connectivity index (χ0) is 47.7. The van der Waals surface area contributed by atoms with Crippen molar-refractivity contribution in [1.82, 2.24) is 10.6 Å². The van der Waals surface area contributed by atoms with Crippen molar-refractivity contribution in [1.29, 1.82) is 0 Å². The fraction of sp³-hybridized carbons (Fsp3) is 0.724. The predicted molar refractivity (Wildman–Crippen MR) is 264 cm³/mol.